The summed E-state index contributed by atoms with van der Waals surface area (Å²) in [5.74, 6) is 1.48. The fraction of sp³-hybridized carbons (Fsp3) is 0.185. The number of ether oxygens (including phenoxy) is 2. The Morgan fingerprint density at radius 3 is 2.55 bits per heavy atom. The number of fused-ring (bicyclic) bond motifs is 1. The Labute approximate surface area is 193 Å². The van der Waals surface area contributed by atoms with Crippen LogP contribution in [0.5, 0.6) is 11.5 Å². The molecule has 6 heteroatoms. The van der Waals surface area contributed by atoms with E-state index in [-0.39, 0.29) is 12.7 Å². The molecule has 1 amide bonds. The first-order valence-electron chi connectivity index (χ1n) is 11.0. The molecule has 1 aliphatic rings. The molecule has 6 nitrogen and oxygen atoms in total. The van der Waals surface area contributed by atoms with Gasteiger partial charge in [0.15, 0.2) is 11.5 Å². The van der Waals surface area contributed by atoms with Gasteiger partial charge in [-0.1, -0.05) is 48.5 Å². The van der Waals surface area contributed by atoms with Gasteiger partial charge in [0.25, 0.3) is 5.91 Å². The Kier molecular flexibility index (Phi) is 5.81. The third-order valence-electron chi connectivity index (χ3n) is 5.81. The lowest BCUT2D eigenvalue weighted by Crippen LogP contribution is -2.30. The van der Waals surface area contributed by atoms with Gasteiger partial charge in [0, 0.05) is 31.0 Å². The van der Waals surface area contributed by atoms with Gasteiger partial charge in [-0.2, -0.15) is 5.10 Å². The van der Waals surface area contributed by atoms with Crippen molar-refractivity contribution >= 4 is 5.91 Å². The lowest BCUT2D eigenvalue weighted by atomic mass is 9.97. The third-order valence-corrected chi connectivity index (χ3v) is 5.81. The van der Waals surface area contributed by atoms with E-state index in [1.54, 1.807) is 6.20 Å². The van der Waals surface area contributed by atoms with Crippen LogP contribution >= 0.6 is 0 Å². The highest BCUT2D eigenvalue weighted by molar-refractivity contribution is 6.00. The van der Waals surface area contributed by atoms with E-state index in [0.29, 0.717) is 25.2 Å². The predicted octanol–water partition coefficient (Wildman–Crippen LogP) is 4.99. The molecular formula is C27H25N3O3. The van der Waals surface area contributed by atoms with Crippen LogP contribution in [0.2, 0.25) is 0 Å². The topological polar surface area (TPSA) is 56.6 Å². The Morgan fingerprint density at radius 1 is 0.970 bits per heavy atom. The van der Waals surface area contributed by atoms with Gasteiger partial charge >= 0.3 is 0 Å². The summed E-state index contributed by atoms with van der Waals surface area (Å²) in [4.78, 5) is 15.4. The van der Waals surface area contributed by atoms with Gasteiger partial charge in [-0.05, 0) is 53.4 Å². The standard InChI is InChI=1S/C27H25N3O3/c1-2-29(17-21-10-13-25-26(16-21)33-19-32-25)27(31)24-7-4-3-6-23(24)22-11-8-20(9-12-22)18-30-15-5-14-28-30/h3-16H,2,17-19H2,1H3. The molecule has 3 aromatic carbocycles. The molecule has 0 unspecified atom stereocenters. The number of amides is 1. The molecule has 0 saturated carbocycles. The summed E-state index contributed by atoms with van der Waals surface area (Å²) >= 11 is 0. The van der Waals surface area contributed by atoms with E-state index in [1.807, 2.05) is 71.2 Å². The molecule has 1 aromatic heterocycles. The molecule has 0 saturated heterocycles. The summed E-state index contributed by atoms with van der Waals surface area (Å²) in [5, 5.41) is 4.26. The highest BCUT2D eigenvalue weighted by Crippen LogP contribution is 2.33. The molecule has 2 heterocycles. The monoisotopic (exact) mass is 439 g/mol. The van der Waals surface area contributed by atoms with Crippen LogP contribution < -0.4 is 9.47 Å². The van der Waals surface area contributed by atoms with Crippen molar-refractivity contribution in [3.05, 3.63) is 102 Å². The van der Waals surface area contributed by atoms with Crippen LogP contribution in [0.1, 0.15) is 28.4 Å². The Hall–Kier alpha value is -4.06. The van der Waals surface area contributed by atoms with Crippen LogP contribution in [0.3, 0.4) is 0 Å². The van der Waals surface area contributed by atoms with Crippen molar-refractivity contribution in [3.8, 4) is 22.6 Å². The number of carbonyl (C=O) groups excluding carboxylic acids is 1. The molecule has 4 aromatic rings. The Bertz CT molecular complexity index is 1250. The van der Waals surface area contributed by atoms with E-state index >= 15 is 0 Å². The summed E-state index contributed by atoms with van der Waals surface area (Å²) in [5.41, 5.74) is 4.80. The van der Waals surface area contributed by atoms with Crippen LogP contribution in [0.4, 0.5) is 0 Å². The number of hydrogen-bond donors (Lipinski definition) is 0. The highest BCUT2D eigenvalue weighted by Gasteiger charge is 2.20. The van der Waals surface area contributed by atoms with Crippen molar-refractivity contribution in [2.24, 2.45) is 0 Å². The predicted molar refractivity (Wildman–Crippen MR) is 126 cm³/mol. The zero-order valence-corrected chi connectivity index (χ0v) is 18.5. The van der Waals surface area contributed by atoms with Gasteiger partial charge in [0.2, 0.25) is 6.79 Å². The number of hydrogen-bond acceptors (Lipinski definition) is 4. The summed E-state index contributed by atoms with van der Waals surface area (Å²) in [7, 11) is 0. The molecular weight excluding hydrogens is 414 g/mol. The van der Waals surface area contributed by atoms with Crippen LogP contribution in [-0.2, 0) is 13.1 Å². The minimum Gasteiger partial charge on any atom is -0.454 e. The van der Waals surface area contributed by atoms with Gasteiger partial charge in [0.1, 0.15) is 0 Å². The zero-order valence-electron chi connectivity index (χ0n) is 18.5. The maximum atomic E-state index is 13.5. The molecule has 33 heavy (non-hydrogen) atoms. The van der Waals surface area contributed by atoms with Crippen LogP contribution in [0, 0.1) is 0 Å². The largest absolute Gasteiger partial charge is 0.454 e. The molecule has 1 aliphatic heterocycles. The molecule has 0 radical (unpaired) electrons. The number of nitrogens with zero attached hydrogens (tertiary/aromatic N) is 3. The van der Waals surface area contributed by atoms with Gasteiger partial charge in [-0.25, -0.2) is 0 Å². The second-order valence-electron chi connectivity index (χ2n) is 7.95. The average Bonchev–Trinajstić information content (AvgIpc) is 3.54. The van der Waals surface area contributed by atoms with Gasteiger partial charge in [-0.15, -0.1) is 0 Å². The summed E-state index contributed by atoms with van der Waals surface area (Å²) in [6.07, 6.45) is 3.72. The molecule has 0 N–H and O–H groups in total. The summed E-state index contributed by atoms with van der Waals surface area (Å²) < 4.78 is 12.8. The first-order valence-corrected chi connectivity index (χ1v) is 11.0. The zero-order chi connectivity index (χ0) is 22.6. The smallest absolute Gasteiger partial charge is 0.254 e. The molecule has 0 bridgehead atoms. The van der Waals surface area contributed by atoms with Gasteiger partial charge in [-0.3, -0.25) is 9.48 Å². The van der Waals surface area contributed by atoms with Crippen LogP contribution in [0.25, 0.3) is 11.1 Å². The molecule has 0 fully saturated rings. The molecule has 166 valence electrons. The lowest BCUT2D eigenvalue weighted by Gasteiger charge is -2.23. The number of aromatic nitrogens is 2. The third kappa shape index (κ3) is 4.46. The second kappa shape index (κ2) is 9.20. The molecule has 0 atom stereocenters. The van der Waals surface area contributed by atoms with Crippen molar-refractivity contribution in [1.29, 1.82) is 0 Å². The van der Waals surface area contributed by atoms with Gasteiger partial charge < -0.3 is 14.4 Å². The normalized spacial score (nSPS) is 12.0. The first-order chi connectivity index (χ1) is 16.2. The fourth-order valence-electron chi connectivity index (χ4n) is 4.05. The van der Waals surface area contributed by atoms with Crippen LogP contribution in [0.15, 0.2) is 85.2 Å². The van der Waals surface area contributed by atoms with Crippen molar-refractivity contribution in [1.82, 2.24) is 14.7 Å². The summed E-state index contributed by atoms with van der Waals surface area (Å²) in [6, 6.07) is 23.8. The number of rotatable bonds is 7. The minimum absolute atomic E-state index is 0.00591. The van der Waals surface area contributed by atoms with E-state index in [2.05, 4.69) is 29.4 Å². The van der Waals surface area contributed by atoms with E-state index in [0.717, 1.165) is 33.8 Å². The highest BCUT2D eigenvalue weighted by atomic mass is 16.7. The van der Waals surface area contributed by atoms with Crippen molar-refractivity contribution < 1.29 is 14.3 Å². The number of carbonyl (C=O) groups is 1. The molecule has 0 spiro atoms. The Balaban J connectivity index is 1.37. The number of benzene rings is 3. The SMILES string of the molecule is CCN(Cc1ccc2c(c1)OCO2)C(=O)c1ccccc1-c1ccc(Cn2cccn2)cc1. The van der Waals surface area contributed by atoms with Crippen molar-refractivity contribution in [2.45, 2.75) is 20.0 Å². The van der Waals surface area contributed by atoms with Crippen molar-refractivity contribution in [3.63, 3.8) is 0 Å². The van der Waals surface area contributed by atoms with E-state index in [9.17, 15) is 4.79 Å². The van der Waals surface area contributed by atoms with E-state index in [1.165, 1.54) is 0 Å². The van der Waals surface area contributed by atoms with Crippen molar-refractivity contribution in [2.75, 3.05) is 13.3 Å². The second-order valence-corrected chi connectivity index (χ2v) is 7.95. The maximum Gasteiger partial charge on any atom is 0.254 e. The quantitative estimate of drug-likeness (QED) is 0.407. The molecule has 5 rings (SSSR count). The van der Waals surface area contributed by atoms with Gasteiger partial charge in [0.05, 0.1) is 6.54 Å². The minimum atomic E-state index is 0.00591. The maximum absolute atomic E-state index is 13.5. The lowest BCUT2D eigenvalue weighted by molar-refractivity contribution is 0.0753. The summed E-state index contributed by atoms with van der Waals surface area (Å²) in [6.45, 7) is 4.06. The van der Waals surface area contributed by atoms with E-state index in [4.69, 9.17) is 9.47 Å². The van der Waals surface area contributed by atoms with E-state index < -0.39 is 0 Å². The molecule has 0 aliphatic carbocycles. The average molecular weight is 440 g/mol. The first kappa shape index (κ1) is 20.8. The fourth-order valence-corrected chi connectivity index (χ4v) is 4.05. The Morgan fingerprint density at radius 2 is 1.76 bits per heavy atom. The van der Waals surface area contributed by atoms with Crippen LogP contribution in [-0.4, -0.2) is 33.9 Å².